The number of aliphatic hydroxyl groups excluding tert-OH is 1. The summed E-state index contributed by atoms with van der Waals surface area (Å²) < 4.78 is 0. The summed E-state index contributed by atoms with van der Waals surface area (Å²) in [5, 5.41) is 9.26. The Bertz CT molecular complexity index is 213. The van der Waals surface area contributed by atoms with E-state index in [0.717, 1.165) is 6.42 Å². The van der Waals surface area contributed by atoms with Crippen molar-refractivity contribution < 1.29 is 5.11 Å². The Labute approximate surface area is 67.4 Å². The van der Waals surface area contributed by atoms with Gasteiger partial charge in [-0.1, -0.05) is 18.1 Å². The Morgan fingerprint density at radius 1 is 1.27 bits per heavy atom. The van der Waals surface area contributed by atoms with Gasteiger partial charge in [0.2, 0.25) is 0 Å². The lowest BCUT2D eigenvalue weighted by Gasteiger charge is -2.27. The zero-order chi connectivity index (χ0) is 7.68. The quantitative estimate of drug-likeness (QED) is 0.563. The van der Waals surface area contributed by atoms with Crippen LogP contribution in [0.15, 0.2) is 23.5 Å². The second-order valence-corrected chi connectivity index (χ2v) is 3.55. The van der Waals surface area contributed by atoms with E-state index in [1.165, 1.54) is 25.7 Å². The van der Waals surface area contributed by atoms with Crippen LogP contribution in [-0.4, -0.2) is 5.11 Å². The normalized spacial score (nSPS) is 30.4. The van der Waals surface area contributed by atoms with E-state index in [1.54, 1.807) is 5.57 Å². The highest BCUT2D eigenvalue weighted by atomic mass is 16.3. The average molecular weight is 150 g/mol. The van der Waals surface area contributed by atoms with Gasteiger partial charge in [-0.25, -0.2) is 0 Å². The van der Waals surface area contributed by atoms with Crippen molar-refractivity contribution in [1.82, 2.24) is 0 Å². The summed E-state index contributed by atoms with van der Waals surface area (Å²) in [6.45, 7) is 0. The van der Waals surface area contributed by atoms with Gasteiger partial charge in [0.25, 0.3) is 0 Å². The van der Waals surface area contributed by atoms with Crippen LogP contribution in [-0.2, 0) is 0 Å². The van der Waals surface area contributed by atoms with Crippen LogP contribution in [0.5, 0.6) is 0 Å². The topological polar surface area (TPSA) is 20.2 Å². The second kappa shape index (κ2) is 2.72. The zero-order valence-corrected chi connectivity index (χ0v) is 6.71. The maximum absolute atomic E-state index is 9.26. The monoisotopic (exact) mass is 150 g/mol. The third-order valence-electron chi connectivity index (χ3n) is 2.74. The van der Waals surface area contributed by atoms with Crippen molar-refractivity contribution in [2.45, 2.75) is 32.1 Å². The first-order chi connectivity index (χ1) is 5.36. The smallest absolute Gasteiger partial charge is 0.0928 e. The van der Waals surface area contributed by atoms with Crippen molar-refractivity contribution >= 4 is 0 Å². The van der Waals surface area contributed by atoms with Gasteiger partial charge < -0.3 is 5.11 Å². The first-order valence-corrected chi connectivity index (χ1v) is 4.45. The maximum Gasteiger partial charge on any atom is 0.0928 e. The van der Waals surface area contributed by atoms with E-state index < -0.39 is 0 Å². The lowest BCUT2D eigenvalue weighted by atomic mass is 9.79. The van der Waals surface area contributed by atoms with Gasteiger partial charge in [0, 0.05) is 6.42 Å². The minimum atomic E-state index is 0.570. The molecule has 0 radical (unpaired) electrons. The highest BCUT2D eigenvalue weighted by molar-refractivity contribution is 5.24. The average Bonchev–Trinajstić information content (AvgIpc) is 2.04. The van der Waals surface area contributed by atoms with Gasteiger partial charge in [-0.2, -0.15) is 0 Å². The molecular formula is C10H14O. The molecule has 0 bridgehead atoms. The third-order valence-corrected chi connectivity index (χ3v) is 2.74. The second-order valence-electron chi connectivity index (χ2n) is 3.55. The first-order valence-electron chi connectivity index (χ1n) is 4.45. The molecule has 0 heterocycles. The zero-order valence-electron chi connectivity index (χ0n) is 6.71. The molecule has 0 aromatic heterocycles. The molecule has 11 heavy (non-hydrogen) atoms. The highest BCUT2D eigenvalue weighted by Crippen LogP contribution is 2.35. The third kappa shape index (κ3) is 1.32. The fourth-order valence-corrected chi connectivity index (χ4v) is 2.09. The van der Waals surface area contributed by atoms with Crippen molar-refractivity contribution in [2.75, 3.05) is 0 Å². The molecule has 0 saturated heterocycles. The van der Waals surface area contributed by atoms with Crippen molar-refractivity contribution in [3.63, 3.8) is 0 Å². The van der Waals surface area contributed by atoms with Crippen LogP contribution in [0.25, 0.3) is 0 Å². The van der Waals surface area contributed by atoms with E-state index in [-0.39, 0.29) is 0 Å². The molecule has 1 heteroatoms. The van der Waals surface area contributed by atoms with E-state index in [1.807, 2.05) is 6.08 Å². The van der Waals surface area contributed by atoms with Crippen molar-refractivity contribution in [3.05, 3.63) is 23.5 Å². The van der Waals surface area contributed by atoms with E-state index in [0.29, 0.717) is 11.7 Å². The summed E-state index contributed by atoms with van der Waals surface area (Å²) in [5.41, 5.74) is 1.56. The summed E-state index contributed by atoms with van der Waals surface area (Å²) >= 11 is 0. The predicted molar refractivity (Wildman–Crippen MR) is 45.4 cm³/mol. The Morgan fingerprint density at radius 3 is 3.09 bits per heavy atom. The molecule has 2 rings (SSSR count). The molecular weight excluding hydrogens is 136 g/mol. The number of allylic oxidation sites excluding steroid dienone is 4. The van der Waals surface area contributed by atoms with Crippen molar-refractivity contribution in [1.29, 1.82) is 0 Å². The Kier molecular flexibility index (Phi) is 1.72. The molecule has 1 N–H and O–H groups in total. The van der Waals surface area contributed by atoms with Crippen LogP contribution >= 0.6 is 0 Å². The van der Waals surface area contributed by atoms with Gasteiger partial charge in [0.05, 0.1) is 5.76 Å². The number of aliphatic hydroxyl groups is 1. The highest BCUT2D eigenvalue weighted by Gasteiger charge is 2.21. The molecule has 0 aromatic carbocycles. The number of rotatable bonds is 0. The SMILES string of the molecule is OC1=CC=C2CCCCC2C1. The predicted octanol–water partition coefficient (Wildman–Crippen LogP) is 2.95. The molecule has 0 spiro atoms. The minimum Gasteiger partial charge on any atom is -0.512 e. The van der Waals surface area contributed by atoms with Crippen LogP contribution in [0.2, 0.25) is 0 Å². The van der Waals surface area contributed by atoms with Crippen molar-refractivity contribution in [2.24, 2.45) is 5.92 Å². The molecule has 2 aliphatic carbocycles. The summed E-state index contributed by atoms with van der Waals surface area (Å²) in [6, 6.07) is 0. The fourth-order valence-electron chi connectivity index (χ4n) is 2.09. The Balaban J connectivity index is 2.16. The van der Waals surface area contributed by atoms with Crippen LogP contribution in [0, 0.1) is 5.92 Å². The number of hydrogen-bond donors (Lipinski definition) is 1. The molecule has 0 amide bonds. The molecule has 60 valence electrons. The van der Waals surface area contributed by atoms with Gasteiger partial charge >= 0.3 is 0 Å². The molecule has 1 nitrogen and oxygen atoms in total. The molecule has 1 fully saturated rings. The van der Waals surface area contributed by atoms with Crippen molar-refractivity contribution in [3.8, 4) is 0 Å². The Morgan fingerprint density at radius 2 is 2.18 bits per heavy atom. The molecule has 0 aromatic rings. The lowest BCUT2D eigenvalue weighted by molar-refractivity contribution is 0.334. The summed E-state index contributed by atoms with van der Waals surface area (Å²) in [4.78, 5) is 0. The first kappa shape index (κ1) is 6.96. The van der Waals surface area contributed by atoms with Gasteiger partial charge in [-0.3, -0.25) is 0 Å². The largest absolute Gasteiger partial charge is 0.512 e. The van der Waals surface area contributed by atoms with E-state index in [9.17, 15) is 5.11 Å². The standard InChI is InChI=1S/C10H14O/c11-10-6-5-8-3-1-2-4-9(8)7-10/h5-6,9,11H,1-4,7H2. The van der Waals surface area contributed by atoms with Gasteiger partial charge in [0.1, 0.15) is 0 Å². The number of hydrogen-bond acceptors (Lipinski definition) is 1. The maximum atomic E-state index is 9.26. The van der Waals surface area contributed by atoms with Gasteiger partial charge in [-0.05, 0) is 31.3 Å². The van der Waals surface area contributed by atoms with Crippen LogP contribution in [0.1, 0.15) is 32.1 Å². The van der Waals surface area contributed by atoms with Crippen LogP contribution in [0.4, 0.5) is 0 Å². The van der Waals surface area contributed by atoms with Gasteiger partial charge in [0.15, 0.2) is 0 Å². The molecule has 1 atom stereocenters. The van der Waals surface area contributed by atoms with Crippen LogP contribution < -0.4 is 0 Å². The minimum absolute atomic E-state index is 0.570. The lowest BCUT2D eigenvalue weighted by Crippen LogP contribution is -2.13. The summed E-state index contributed by atoms with van der Waals surface area (Å²) in [5.74, 6) is 1.24. The molecule has 1 saturated carbocycles. The van der Waals surface area contributed by atoms with Crippen LogP contribution in [0.3, 0.4) is 0 Å². The molecule has 0 aliphatic heterocycles. The van der Waals surface area contributed by atoms with Gasteiger partial charge in [-0.15, -0.1) is 0 Å². The van der Waals surface area contributed by atoms with E-state index in [4.69, 9.17) is 0 Å². The van der Waals surface area contributed by atoms with E-state index >= 15 is 0 Å². The van der Waals surface area contributed by atoms with E-state index in [2.05, 4.69) is 6.08 Å². The summed E-state index contributed by atoms with van der Waals surface area (Å²) in [6.07, 6.45) is 10.1. The number of fused-ring (bicyclic) bond motifs is 1. The molecule has 2 aliphatic rings. The fraction of sp³-hybridized carbons (Fsp3) is 0.600. The summed E-state index contributed by atoms with van der Waals surface area (Å²) in [7, 11) is 0. The Hall–Kier alpha value is -0.720. The molecule has 1 unspecified atom stereocenters.